The molecule has 0 atom stereocenters. The minimum absolute atomic E-state index is 0.114. The van der Waals surface area contributed by atoms with Gasteiger partial charge in [-0.1, -0.05) is 13.8 Å². The fourth-order valence-corrected chi connectivity index (χ4v) is 2.45. The third kappa shape index (κ3) is 3.80. The standard InChI is InChI=1S/C16H21N3O4/c1-4-11(5-2)19-10(3)8-13(18-19)15(20)17-9-12-6-7-14(23-12)16(21)22/h6-8,11H,4-5,9H2,1-3H3,(H,17,20)(H,21,22). The van der Waals surface area contributed by atoms with E-state index < -0.39 is 5.97 Å². The van der Waals surface area contributed by atoms with E-state index in [0.29, 0.717) is 11.5 Å². The van der Waals surface area contributed by atoms with Gasteiger partial charge in [-0.05, 0) is 38.0 Å². The molecule has 1 amide bonds. The number of nitrogens with zero attached hydrogens (tertiary/aromatic N) is 2. The summed E-state index contributed by atoms with van der Waals surface area (Å²) in [7, 11) is 0. The summed E-state index contributed by atoms with van der Waals surface area (Å²) in [4.78, 5) is 22.9. The van der Waals surface area contributed by atoms with Gasteiger partial charge in [0, 0.05) is 5.69 Å². The van der Waals surface area contributed by atoms with E-state index >= 15 is 0 Å². The van der Waals surface area contributed by atoms with Gasteiger partial charge in [0.2, 0.25) is 5.76 Å². The molecule has 0 unspecified atom stereocenters. The SMILES string of the molecule is CCC(CC)n1nc(C(=O)NCc2ccc(C(=O)O)o2)cc1C. The number of carboxylic acid groups (broad SMARTS) is 1. The number of hydrogen-bond acceptors (Lipinski definition) is 4. The number of amides is 1. The van der Waals surface area contributed by atoms with Crippen LogP contribution < -0.4 is 5.32 Å². The second kappa shape index (κ2) is 7.13. The van der Waals surface area contributed by atoms with Crippen molar-refractivity contribution in [3.8, 4) is 0 Å². The van der Waals surface area contributed by atoms with E-state index in [-0.39, 0.29) is 24.3 Å². The lowest BCUT2D eigenvalue weighted by atomic mass is 10.2. The first kappa shape index (κ1) is 16.8. The van der Waals surface area contributed by atoms with Crippen LogP contribution in [-0.2, 0) is 6.54 Å². The van der Waals surface area contributed by atoms with Crippen molar-refractivity contribution in [3.05, 3.63) is 41.1 Å². The van der Waals surface area contributed by atoms with Crippen molar-refractivity contribution in [1.82, 2.24) is 15.1 Å². The van der Waals surface area contributed by atoms with Crippen LogP contribution in [0.15, 0.2) is 22.6 Å². The van der Waals surface area contributed by atoms with Gasteiger partial charge in [-0.15, -0.1) is 0 Å². The van der Waals surface area contributed by atoms with Crippen molar-refractivity contribution in [2.24, 2.45) is 0 Å². The Morgan fingerprint density at radius 3 is 2.61 bits per heavy atom. The number of rotatable bonds is 7. The summed E-state index contributed by atoms with van der Waals surface area (Å²) in [5.41, 5.74) is 1.29. The molecular weight excluding hydrogens is 298 g/mol. The molecule has 0 aliphatic carbocycles. The molecule has 0 saturated carbocycles. The topological polar surface area (TPSA) is 97.4 Å². The molecule has 2 rings (SSSR count). The summed E-state index contributed by atoms with van der Waals surface area (Å²) in [6.07, 6.45) is 1.90. The predicted octanol–water partition coefficient (Wildman–Crippen LogP) is 2.77. The molecule has 0 aliphatic heterocycles. The van der Waals surface area contributed by atoms with E-state index in [1.54, 1.807) is 6.07 Å². The molecule has 2 aromatic heterocycles. The van der Waals surface area contributed by atoms with Crippen LogP contribution in [0.25, 0.3) is 0 Å². The van der Waals surface area contributed by atoms with E-state index in [1.807, 2.05) is 11.6 Å². The first-order valence-electron chi connectivity index (χ1n) is 7.62. The zero-order valence-corrected chi connectivity index (χ0v) is 13.5. The van der Waals surface area contributed by atoms with Gasteiger partial charge in [0.25, 0.3) is 5.91 Å². The highest BCUT2D eigenvalue weighted by molar-refractivity contribution is 5.92. The highest BCUT2D eigenvalue weighted by atomic mass is 16.4. The van der Waals surface area contributed by atoms with E-state index in [9.17, 15) is 9.59 Å². The van der Waals surface area contributed by atoms with Crippen LogP contribution in [0, 0.1) is 6.92 Å². The average Bonchev–Trinajstić information content (AvgIpc) is 3.14. The predicted molar refractivity (Wildman–Crippen MR) is 83.4 cm³/mol. The average molecular weight is 319 g/mol. The number of aryl methyl sites for hydroxylation is 1. The molecule has 2 N–H and O–H groups in total. The Morgan fingerprint density at radius 2 is 2.04 bits per heavy atom. The third-order valence-corrected chi connectivity index (χ3v) is 3.74. The van der Waals surface area contributed by atoms with Crippen LogP contribution in [0.4, 0.5) is 0 Å². The molecule has 23 heavy (non-hydrogen) atoms. The number of carboxylic acids is 1. The Hall–Kier alpha value is -2.57. The number of hydrogen-bond donors (Lipinski definition) is 2. The number of carbonyl (C=O) groups is 2. The van der Waals surface area contributed by atoms with Crippen molar-refractivity contribution >= 4 is 11.9 Å². The van der Waals surface area contributed by atoms with Gasteiger partial charge in [-0.3, -0.25) is 9.48 Å². The zero-order valence-electron chi connectivity index (χ0n) is 13.5. The summed E-state index contributed by atoms with van der Waals surface area (Å²) in [6, 6.07) is 4.91. The Morgan fingerprint density at radius 1 is 1.35 bits per heavy atom. The van der Waals surface area contributed by atoms with E-state index in [0.717, 1.165) is 18.5 Å². The van der Waals surface area contributed by atoms with E-state index in [4.69, 9.17) is 9.52 Å². The molecule has 2 heterocycles. The maximum absolute atomic E-state index is 12.2. The summed E-state index contributed by atoms with van der Waals surface area (Å²) in [6.45, 7) is 6.22. The monoisotopic (exact) mass is 319 g/mol. The highest BCUT2D eigenvalue weighted by Crippen LogP contribution is 2.18. The molecule has 0 fully saturated rings. The second-order valence-corrected chi connectivity index (χ2v) is 5.34. The van der Waals surface area contributed by atoms with Crippen molar-refractivity contribution < 1.29 is 19.1 Å². The fourth-order valence-electron chi connectivity index (χ4n) is 2.45. The third-order valence-electron chi connectivity index (χ3n) is 3.74. The molecule has 0 saturated heterocycles. The van der Waals surface area contributed by atoms with Gasteiger partial charge in [0.1, 0.15) is 11.5 Å². The largest absolute Gasteiger partial charge is 0.475 e. The van der Waals surface area contributed by atoms with Crippen LogP contribution >= 0.6 is 0 Å². The van der Waals surface area contributed by atoms with Crippen molar-refractivity contribution in [2.75, 3.05) is 0 Å². The minimum Gasteiger partial charge on any atom is -0.475 e. The van der Waals surface area contributed by atoms with Gasteiger partial charge in [-0.2, -0.15) is 5.10 Å². The molecule has 2 aromatic rings. The fraction of sp³-hybridized carbons (Fsp3) is 0.438. The Labute approximate surface area is 134 Å². The lowest BCUT2D eigenvalue weighted by Crippen LogP contribution is -2.23. The second-order valence-electron chi connectivity index (χ2n) is 5.34. The number of furan rings is 1. The van der Waals surface area contributed by atoms with Gasteiger partial charge >= 0.3 is 5.97 Å². The van der Waals surface area contributed by atoms with Crippen LogP contribution in [-0.4, -0.2) is 26.8 Å². The summed E-state index contributed by atoms with van der Waals surface area (Å²) >= 11 is 0. The molecule has 124 valence electrons. The van der Waals surface area contributed by atoms with Gasteiger partial charge in [0.05, 0.1) is 12.6 Å². The summed E-state index contributed by atoms with van der Waals surface area (Å²) in [5.74, 6) is -1.22. The van der Waals surface area contributed by atoms with Crippen molar-refractivity contribution in [2.45, 2.75) is 46.2 Å². The van der Waals surface area contributed by atoms with E-state index in [2.05, 4.69) is 24.3 Å². The quantitative estimate of drug-likeness (QED) is 0.818. The molecule has 0 aromatic carbocycles. The van der Waals surface area contributed by atoms with Gasteiger partial charge in [0.15, 0.2) is 0 Å². The van der Waals surface area contributed by atoms with Crippen LogP contribution in [0.2, 0.25) is 0 Å². The molecule has 0 spiro atoms. The van der Waals surface area contributed by atoms with Gasteiger partial charge < -0.3 is 14.8 Å². The van der Waals surface area contributed by atoms with Crippen molar-refractivity contribution in [3.63, 3.8) is 0 Å². The first-order valence-corrected chi connectivity index (χ1v) is 7.62. The molecule has 0 radical (unpaired) electrons. The molecule has 7 nitrogen and oxygen atoms in total. The highest BCUT2D eigenvalue weighted by Gasteiger charge is 2.17. The summed E-state index contributed by atoms with van der Waals surface area (Å²) < 4.78 is 6.97. The number of aromatic carboxylic acids is 1. The number of nitrogens with one attached hydrogen (secondary N) is 1. The normalized spacial score (nSPS) is 11.0. The van der Waals surface area contributed by atoms with Crippen LogP contribution in [0.1, 0.15) is 65.2 Å². The lowest BCUT2D eigenvalue weighted by Gasteiger charge is -2.14. The maximum Gasteiger partial charge on any atom is 0.371 e. The van der Waals surface area contributed by atoms with Gasteiger partial charge in [-0.25, -0.2) is 4.79 Å². The lowest BCUT2D eigenvalue weighted by molar-refractivity contribution is 0.0660. The van der Waals surface area contributed by atoms with Crippen molar-refractivity contribution in [1.29, 1.82) is 0 Å². The number of aromatic nitrogens is 2. The first-order chi connectivity index (χ1) is 11.0. The Balaban J connectivity index is 2.03. The maximum atomic E-state index is 12.2. The smallest absolute Gasteiger partial charge is 0.371 e. The van der Waals surface area contributed by atoms with Crippen LogP contribution in [0.5, 0.6) is 0 Å². The minimum atomic E-state index is -1.14. The molecular formula is C16H21N3O4. The zero-order chi connectivity index (χ0) is 17.0. The molecule has 0 aliphatic rings. The molecule has 0 bridgehead atoms. The Bertz CT molecular complexity index is 698. The van der Waals surface area contributed by atoms with E-state index in [1.165, 1.54) is 12.1 Å². The number of carbonyl (C=O) groups excluding carboxylic acids is 1. The van der Waals surface area contributed by atoms with Crippen LogP contribution in [0.3, 0.4) is 0 Å². The molecule has 7 heteroatoms. The Kier molecular flexibility index (Phi) is 5.20. The summed E-state index contributed by atoms with van der Waals surface area (Å²) in [5, 5.41) is 15.9.